The molecule has 4 heterocycles. The lowest BCUT2D eigenvalue weighted by Gasteiger charge is -2.11. The maximum Gasteiger partial charge on any atom is 0.0547 e. The van der Waals surface area contributed by atoms with Gasteiger partial charge in [0.15, 0.2) is 0 Å². The van der Waals surface area contributed by atoms with Crippen molar-refractivity contribution < 1.29 is 0 Å². The molecule has 0 saturated heterocycles. The van der Waals surface area contributed by atoms with Crippen LogP contribution in [-0.2, 0) is 0 Å². The molecule has 0 amide bonds. The summed E-state index contributed by atoms with van der Waals surface area (Å²) in [5, 5.41) is 10.0. The van der Waals surface area contributed by atoms with Crippen molar-refractivity contribution in [3.05, 3.63) is 388 Å². The van der Waals surface area contributed by atoms with Crippen LogP contribution in [0.1, 0.15) is 0 Å². The smallest absolute Gasteiger partial charge is 0.0547 e. The van der Waals surface area contributed by atoms with Gasteiger partial charge in [0, 0.05) is 65.8 Å². The van der Waals surface area contributed by atoms with Gasteiger partial charge in [0.05, 0.1) is 44.1 Å². The van der Waals surface area contributed by atoms with E-state index < -0.39 is 0 Å². The zero-order chi connectivity index (χ0) is 66.0. The Hall–Kier alpha value is -13.3. The zero-order valence-electron chi connectivity index (χ0n) is 54.7. The van der Waals surface area contributed by atoms with Gasteiger partial charge in [0.25, 0.3) is 0 Å². The molecule has 0 aliphatic rings. The SMILES string of the molecule is c1ccc(-c2cccc(-n3c4ccc(-c5ccc6c(c5)c5ccccc5n6-c5ccccc5)cc4c4ccc(-c5ccccc5)cc43)c2)cc1.c1ccc(-c2cccc(-n3c4ccc(-c5ccccc5)cc4c4cc(-c5ccc6c(c5)c5ccccc5n6-c5ccccc5)ccc43)c2)cc1. The number of rotatable bonds is 10. The van der Waals surface area contributed by atoms with Crippen LogP contribution >= 0.6 is 0 Å². The molecule has 20 aromatic rings. The first-order valence-corrected chi connectivity index (χ1v) is 34.4. The largest absolute Gasteiger partial charge is 0.309 e. The highest BCUT2D eigenvalue weighted by Crippen LogP contribution is 2.43. The van der Waals surface area contributed by atoms with E-state index in [-0.39, 0.29) is 0 Å². The van der Waals surface area contributed by atoms with E-state index in [0.29, 0.717) is 0 Å². The third-order valence-corrected chi connectivity index (χ3v) is 20.2. The van der Waals surface area contributed by atoms with Crippen molar-refractivity contribution in [2.24, 2.45) is 0 Å². The average Bonchev–Trinajstić information content (AvgIpc) is 1.57. The van der Waals surface area contributed by atoms with Crippen molar-refractivity contribution in [1.82, 2.24) is 18.3 Å². The highest BCUT2D eigenvalue weighted by Gasteiger charge is 2.21. The molecule has 4 nitrogen and oxygen atoms in total. The van der Waals surface area contributed by atoms with Crippen molar-refractivity contribution in [2.75, 3.05) is 0 Å². The van der Waals surface area contributed by atoms with Crippen LogP contribution in [0.3, 0.4) is 0 Å². The van der Waals surface area contributed by atoms with Crippen LogP contribution < -0.4 is 0 Å². The van der Waals surface area contributed by atoms with Gasteiger partial charge in [-0.2, -0.15) is 0 Å². The summed E-state index contributed by atoms with van der Waals surface area (Å²) in [6.07, 6.45) is 0. The molecule has 0 atom stereocenters. The van der Waals surface area contributed by atoms with E-state index in [0.717, 1.165) is 11.4 Å². The monoisotopic (exact) mass is 1270 g/mol. The van der Waals surface area contributed by atoms with E-state index in [4.69, 9.17) is 0 Å². The lowest BCUT2D eigenvalue weighted by Crippen LogP contribution is -1.95. The molecular weight excluding hydrogens is 1210 g/mol. The van der Waals surface area contributed by atoms with E-state index in [9.17, 15) is 0 Å². The molecule has 4 heteroatoms. The van der Waals surface area contributed by atoms with Crippen LogP contribution in [0.25, 0.3) is 177 Å². The number of benzene rings is 16. The predicted octanol–water partition coefficient (Wildman–Crippen LogP) is 25.8. The van der Waals surface area contributed by atoms with E-state index >= 15 is 0 Å². The Morgan fingerprint density at radius 3 is 0.690 bits per heavy atom. The van der Waals surface area contributed by atoms with Gasteiger partial charge in [-0.15, -0.1) is 0 Å². The van der Waals surface area contributed by atoms with Gasteiger partial charge in [-0.3, -0.25) is 0 Å². The summed E-state index contributed by atoms with van der Waals surface area (Å²) in [5.41, 5.74) is 28.8. The molecule has 0 aliphatic carbocycles. The molecule has 468 valence electrons. The van der Waals surface area contributed by atoms with Crippen molar-refractivity contribution in [1.29, 1.82) is 0 Å². The van der Waals surface area contributed by atoms with Crippen LogP contribution in [0.4, 0.5) is 0 Å². The number of fused-ring (bicyclic) bond motifs is 12. The van der Waals surface area contributed by atoms with Crippen molar-refractivity contribution >= 4 is 87.2 Å². The molecule has 20 rings (SSSR count). The summed E-state index contributed by atoms with van der Waals surface area (Å²) >= 11 is 0. The van der Waals surface area contributed by atoms with Crippen molar-refractivity contribution in [3.63, 3.8) is 0 Å². The number of nitrogens with zero attached hydrogens (tertiary/aromatic N) is 4. The number of aromatic nitrogens is 4. The molecule has 0 radical (unpaired) electrons. The van der Waals surface area contributed by atoms with Crippen LogP contribution in [0.2, 0.25) is 0 Å². The Kier molecular flexibility index (Phi) is 14.2. The lowest BCUT2D eigenvalue weighted by atomic mass is 9.99. The maximum absolute atomic E-state index is 2.43. The molecule has 0 bridgehead atoms. The van der Waals surface area contributed by atoms with Gasteiger partial charge < -0.3 is 18.3 Å². The first kappa shape index (κ1) is 58.1. The van der Waals surface area contributed by atoms with Crippen molar-refractivity contribution in [2.45, 2.75) is 0 Å². The second kappa shape index (κ2) is 24.4. The minimum atomic E-state index is 1.15. The molecule has 100 heavy (non-hydrogen) atoms. The molecule has 0 unspecified atom stereocenters. The zero-order valence-corrected chi connectivity index (χ0v) is 54.7. The summed E-state index contributed by atoms with van der Waals surface area (Å²) in [7, 11) is 0. The van der Waals surface area contributed by atoms with Crippen LogP contribution in [0.15, 0.2) is 388 Å². The second-order valence-electron chi connectivity index (χ2n) is 26.0. The Labute approximate surface area is 579 Å². The maximum atomic E-state index is 2.43. The van der Waals surface area contributed by atoms with Gasteiger partial charge >= 0.3 is 0 Å². The highest BCUT2D eigenvalue weighted by atomic mass is 15.0. The molecule has 0 aliphatic heterocycles. The summed E-state index contributed by atoms with van der Waals surface area (Å²) < 4.78 is 9.61. The molecule has 0 N–H and O–H groups in total. The fourth-order valence-electron chi connectivity index (χ4n) is 15.5. The first-order valence-electron chi connectivity index (χ1n) is 34.4. The Balaban J connectivity index is 0.000000139. The molecule has 0 fully saturated rings. The highest BCUT2D eigenvalue weighted by molar-refractivity contribution is 6.15. The molecule has 0 saturated carbocycles. The van der Waals surface area contributed by atoms with Crippen LogP contribution in [-0.4, -0.2) is 18.3 Å². The van der Waals surface area contributed by atoms with E-state index in [2.05, 4.69) is 407 Å². The molecule has 16 aromatic carbocycles. The average molecular weight is 1270 g/mol. The van der Waals surface area contributed by atoms with Gasteiger partial charge in [-0.1, -0.05) is 261 Å². The molecule has 4 aromatic heterocycles. The number of hydrogen-bond acceptors (Lipinski definition) is 0. The quantitative estimate of drug-likeness (QED) is 0.130. The fraction of sp³-hybridized carbons (Fsp3) is 0. The summed E-state index contributed by atoms with van der Waals surface area (Å²) in [5.74, 6) is 0. The Morgan fingerprint density at radius 2 is 0.330 bits per heavy atom. The summed E-state index contributed by atoms with van der Waals surface area (Å²) in [6, 6.07) is 141. The summed E-state index contributed by atoms with van der Waals surface area (Å²) in [6.45, 7) is 0. The topological polar surface area (TPSA) is 19.7 Å². The van der Waals surface area contributed by atoms with E-state index in [1.165, 1.54) is 165 Å². The van der Waals surface area contributed by atoms with Gasteiger partial charge in [0.2, 0.25) is 0 Å². The normalized spacial score (nSPS) is 11.6. The Morgan fingerprint density at radius 1 is 0.110 bits per heavy atom. The predicted molar refractivity (Wildman–Crippen MR) is 423 cm³/mol. The first-order chi connectivity index (χ1) is 49.6. The van der Waals surface area contributed by atoms with Gasteiger partial charge in [-0.25, -0.2) is 0 Å². The van der Waals surface area contributed by atoms with Gasteiger partial charge in [-0.05, 0) is 194 Å². The second-order valence-corrected chi connectivity index (χ2v) is 26.0. The fourth-order valence-corrected chi connectivity index (χ4v) is 15.5. The van der Waals surface area contributed by atoms with Crippen LogP contribution in [0.5, 0.6) is 0 Å². The third-order valence-electron chi connectivity index (χ3n) is 20.2. The van der Waals surface area contributed by atoms with Crippen molar-refractivity contribution in [3.8, 4) is 89.5 Å². The van der Waals surface area contributed by atoms with E-state index in [1.807, 2.05) is 0 Å². The molecular formula is C96H64N4. The van der Waals surface area contributed by atoms with Crippen LogP contribution in [0, 0.1) is 0 Å². The minimum Gasteiger partial charge on any atom is -0.309 e. The third kappa shape index (κ3) is 10.1. The number of para-hydroxylation sites is 4. The molecule has 0 spiro atoms. The minimum absolute atomic E-state index is 1.15. The van der Waals surface area contributed by atoms with Gasteiger partial charge in [0.1, 0.15) is 0 Å². The van der Waals surface area contributed by atoms with E-state index in [1.54, 1.807) is 0 Å². The summed E-state index contributed by atoms with van der Waals surface area (Å²) in [4.78, 5) is 0. The lowest BCUT2D eigenvalue weighted by molar-refractivity contribution is 1.18. The standard InChI is InChI=1S/2C48H32N2/c1-4-13-33(14-5-1)35-17-12-20-40(29-35)50-47-28-25-37(31-44(47)42-26-23-38(32-48(42)50)34-15-6-2-7-16-34)36-24-27-46-43(30-36)41-21-10-11-22-45(41)49(46)39-18-8-3-9-19-39;1-4-13-33(14-5-1)35-17-12-20-40(29-35)50-47-26-23-36(34-15-6-2-7-16-34)30-43(47)44-32-38(25-28-48(44)50)37-24-27-46-42(31-37)41-21-10-11-22-45(41)49(46)39-18-8-3-9-19-39/h2*1-32H. The Bertz CT molecular complexity index is 6470. The number of hydrogen-bond donors (Lipinski definition) is 0.